The molecule has 0 aliphatic rings. The smallest absolute Gasteiger partial charge is 0.203 e. The molecule has 3 heteroatoms. The Morgan fingerprint density at radius 3 is 2.40 bits per heavy atom. The first-order chi connectivity index (χ1) is 9.63. The van der Waals surface area contributed by atoms with Crippen LogP contribution in [0.5, 0.6) is 5.75 Å². The van der Waals surface area contributed by atoms with Crippen molar-refractivity contribution in [2.45, 2.75) is 20.5 Å². The van der Waals surface area contributed by atoms with Crippen molar-refractivity contribution in [3.05, 3.63) is 64.7 Å². The summed E-state index contributed by atoms with van der Waals surface area (Å²) in [5, 5.41) is 7.09. The first kappa shape index (κ1) is 14.0. The zero-order valence-electron chi connectivity index (χ0n) is 11.6. The molecule has 2 rings (SSSR count). The van der Waals surface area contributed by atoms with Crippen LogP contribution in [0.25, 0.3) is 0 Å². The van der Waals surface area contributed by atoms with E-state index in [0.717, 1.165) is 28.7 Å². The molecule has 0 radical (unpaired) electrons. The Balaban J connectivity index is 2.24. The molecule has 102 valence electrons. The Hall–Kier alpha value is -2.42. The van der Waals surface area contributed by atoms with Crippen LogP contribution in [-0.4, -0.2) is 12.0 Å². The van der Waals surface area contributed by atoms with Crippen LogP contribution in [0.15, 0.2) is 42.5 Å². The van der Waals surface area contributed by atoms with Crippen LogP contribution in [0.4, 0.5) is 0 Å². The summed E-state index contributed by atoms with van der Waals surface area (Å²) in [6.07, 6.45) is 0.831. The lowest BCUT2D eigenvalue weighted by Crippen LogP contribution is -2.07. The summed E-state index contributed by atoms with van der Waals surface area (Å²) in [6.45, 7) is 4.31. The first-order valence-electron chi connectivity index (χ1n) is 6.45. The van der Waals surface area contributed by atoms with Gasteiger partial charge in [-0.25, -0.2) is 0 Å². The second-order valence-electron chi connectivity index (χ2n) is 4.68. The number of benzene rings is 2. The Morgan fingerprint density at radius 1 is 1.10 bits per heavy atom. The van der Waals surface area contributed by atoms with E-state index in [-0.39, 0.29) is 5.78 Å². The molecule has 1 N–H and O–H groups in total. The molecule has 0 spiro atoms. The number of nitrogens with one attached hydrogen (secondary N) is 1. The van der Waals surface area contributed by atoms with Gasteiger partial charge in [-0.2, -0.15) is 0 Å². The minimum atomic E-state index is -0.300. The monoisotopic (exact) mass is 267 g/mol. The van der Waals surface area contributed by atoms with E-state index in [1.807, 2.05) is 44.2 Å². The Labute approximate surface area is 118 Å². The maximum absolute atomic E-state index is 11.7. The zero-order valence-corrected chi connectivity index (χ0v) is 11.6. The zero-order chi connectivity index (χ0) is 14.5. The lowest BCUT2D eigenvalue weighted by atomic mass is 10.0. The Bertz CT molecular complexity index is 627. The molecule has 0 bridgehead atoms. The van der Waals surface area contributed by atoms with Crippen LogP contribution < -0.4 is 4.74 Å². The summed E-state index contributed by atoms with van der Waals surface area (Å²) < 4.78 is 5.86. The van der Waals surface area contributed by atoms with Crippen LogP contribution in [0, 0.1) is 19.3 Å². The molecule has 0 unspecified atom stereocenters. The normalized spacial score (nSPS) is 10.1. The topological polar surface area (TPSA) is 50.2 Å². The lowest BCUT2D eigenvalue weighted by Gasteiger charge is -2.13. The van der Waals surface area contributed by atoms with E-state index in [9.17, 15) is 4.79 Å². The van der Waals surface area contributed by atoms with Crippen LogP contribution in [0.3, 0.4) is 0 Å². The molecule has 20 heavy (non-hydrogen) atoms. The summed E-state index contributed by atoms with van der Waals surface area (Å²) in [6, 6.07) is 13.2. The molecule has 0 aliphatic carbocycles. The van der Waals surface area contributed by atoms with Crippen molar-refractivity contribution in [3.63, 3.8) is 0 Å². The molecule has 3 nitrogen and oxygen atoms in total. The fourth-order valence-corrected chi connectivity index (χ4v) is 2.14. The average Bonchev–Trinajstić information content (AvgIpc) is 2.46. The molecule has 0 fully saturated rings. The minimum Gasteiger partial charge on any atom is -0.488 e. The van der Waals surface area contributed by atoms with Crippen molar-refractivity contribution in [2.24, 2.45) is 0 Å². The van der Waals surface area contributed by atoms with Gasteiger partial charge in [-0.05, 0) is 25.0 Å². The van der Waals surface area contributed by atoms with Crippen LogP contribution in [0.1, 0.15) is 27.0 Å². The highest BCUT2D eigenvalue weighted by molar-refractivity contribution is 6.34. The van der Waals surface area contributed by atoms with Crippen molar-refractivity contribution in [2.75, 3.05) is 0 Å². The predicted octanol–water partition coefficient (Wildman–Crippen LogP) is 3.71. The fraction of sp³-hybridized carbons (Fsp3) is 0.176. The third kappa shape index (κ3) is 2.94. The fourth-order valence-electron chi connectivity index (χ4n) is 2.14. The number of para-hydroxylation sites is 1. The Morgan fingerprint density at radius 2 is 1.75 bits per heavy atom. The SMILES string of the molecule is Cc1cccc(C)c1OCc1ccccc1C(=O)C=N. The van der Waals surface area contributed by atoms with Gasteiger partial charge in [-0.15, -0.1) is 0 Å². The third-order valence-electron chi connectivity index (χ3n) is 3.19. The summed E-state index contributed by atoms with van der Waals surface area (Å²) in [7, 11) is 0. The van der Waals surface area contributed by atoms with E-state index in [2.05, 4.69) is 0 Å². The van der Waals surface area contributed by atoms with E-state index in [1.54, 1.807) is 12.1 Å². The summed E-state index contributed by atoms with van der Waals surface area (Å²) in [4.78, 5) is 11.7. The molecule has 0 aromatic heterocycles. The van der Waals surface area contributed by atoms with Crippen molar-refractivity contribution >= 4 is 12.0 Å². The van der Waals surface area contributed by atoms with E-state index in [1.165, 1.54) is 0 Å². The highest BCUT2D eigenvalue weighted by Gasteiger charge is 2.10. The van der Waals surface area contributed by atoms with Crippen molar-refractivity contribution in [3.8, 4) is 5.75 Å². The standard InChI is InChI=1S/C17H17NO2/c1-12-6-5-7-13(2)17(12)20-11-14-8-3-4-9-15(14)16(19)10-18/h3-10,18H,11H2,1-2H3. The lowest BCUT2D eigenvalue weighted by molar-refractivity contribution is 0.106. The molecule has 0 amide bonds. The number of hydrogen-bond acceptors (Lipinski definition) is 3. The minimum absolute atomic E-state index is 0.300. The van der Waals surface area contributed by atoms with Gasteiger partial charge in [-0.3, -0.25) is 4.79 Å². The number of rotatable bonds is 5. The van der Waals surface area contributed by atoms with Crippen molar-refractivity contribution in [1.29, 1.82) is 5.41 Å². The maximum atomic E-state index is 11.7. The quantitative estimate of drug-likeness (QED) is 0.663. The van der Waals surface area contributed by atoms with Crippen molar-refractivity contribution in [1.82, 2.24) is 0 Å². The molecule has 0 saturated carbocycles. The molecular weight excluding hydrogens is 250 g/mol. The number of carbonyl (C=O) groups is 1. The number of carbonyl (C=O) groups excluding carboxylic acids is 1. The molecule has 0 atom stereocenters. The molecule has 2 aromatic carbocycles. The average molecular weight is 267 g/mol. The van der Waals surface area contributed by atoms with Gasteiger partial charge in [0.05, 0.1) is 6.21 Å². The van der Waals surface area contributed by atoms with Crippen LogP contribution >= 0.6 is 0 Å². The molecular formula is C17H17NO2. The number of hydrogen-bond donors (Lipinski definition) is 1. The number of ether oxygens (including phenoxy) is 1. The summed E-state index contributed by atoms with van der Waals surface area (Å²) >= 11 is 0. The molecule has 0 aliphatic heterocycles. The second kappa shape index (κ2) is 6.15. The van der Waals surface area contributed by atoms with E-state index in [0.29, 0.717) is 12.2 Å². The molecule has 2 aromatic rings. The van der Waals surface area contributed by atoms with Gasteiger partial charge >= 0.3 is 0 Å². The van der Waals surface area contributed by atoms with Crippen LogP contribution in [0.2, 0.25) is 0 Å². The number of ketones is 1. The summed E-state index contributed by atoms with van der Waals surface area (Å²) in [5.41, 5.74) is 3.46. The maximum Gasteiger partial charge on any atom is 0.203 e. The van der Waals surface area contributed by atoms with Crippen LogP contribution in [-0.2, 0) is 6.61 Å². The van der Waals surface area contributed by atoms with Gasteiger partial charge in [-0.1, -0.05) is 42.5 Å². The van der Waals surface area contributed by atoms with Crippen molar-refractivity contribution < 1.29 is 9.53 Å². The van der Waals surface area contributed by atoms with E-state index in [4.69, 9.17) is 10.1 Å². The highest BCUT2D eigenvalue weighted by atomic mass is 16.5. The van der Waals surface area contributed by atoms with Gasteiger partial charge in [0.25, 0.3) is 0 Å². The summed E-state index contributed by atoms with van der Waals surface area (Å²) in [5.74, 6) is 0.551. The van der Waals surface area contributed by atoms with Gasteiger partial charge in [0.15, 0.2) is 0 Å². The molecule has 0 heterocycles. The predicted molar refractivity (Wildman–Crippen MR) is 79.8 cm³/mol. The van der Waals surface area contributed by atoms with Gasteiger partial charge < -0.3 is 10.1 Å². The van der Waals surface area contributed by atoms with Gasteiger partial charge in [0.2, 0.25) is 5.78 Å². The third-order valence-corrected chi connectivity index (χ3v) is 3.19. The largest absolute Gasteiger partial charge is 0.488 e. The van der Waals surface area contributed by atoms with E-state index < -0.39 is 0 Å². The number of Topliss-reactive ketones (excluding diaryl/α,β-unsaturated/α-hetero) is 1. The first-order valence-corrected chi connectivity index (χ1v) is 6.45. The highest BCUT2D eigenvalue weighted by Crippen LogP contribution is 2.24. The van der Waals surface area contributed by atoms with E-state index >= 15 is 0 Å². The van der Waals surface area contributed by atoms with Gasteiger partial charge in [0, 0.05) is 11.1 Å². The van der Waals surface area contributed by atoms with Gasteiger partial charge in [0.1, 0.15) is 12.4 Å². The number of aryl methyl sites for hydroxylation is 2. The second-order valence-corrected chi connectivity index (χ2v) is 4.68. The molecule has 0 saturated heterocycles. The Kier molecular flexibility index (Phi) is 4.31.